The minimum atomic E-state index is -0.509. The smallest absolute Gasteiger partial charge is 0.325 e. The zero-order valence-electron chi connectivity index (χ0n) is 12.1. The number of nitrogens with zero attached hydrogens (tertiary/aromatic N) is 2. The third-order valence-electron chi connectivity index (χ3n) is 2.63. The number of hydrogen-bond acceptors (Lipinski definition) is 6. The summed E-state index contributed by atoms with van der Waals surface area (Å²) in [6, 6.07) is 4.18. The van der Waals surface area contributed by atoms with Crippen LogP contribution in [-0.4, -0.2) is 29.1 Å². The summed E-state index contributed by atoms with van der Waals surface area (Å²) in [4.78, 5) is 19.7. The molecule has 0 fully saturated rings. The molecule has 0 aliphatic heterocycles. The van der Waals surface area contributed by atoms with Gasteiger partial charge in [0.1, 0.15) is 18.2 Å². The average molecular weight is 404 g/mol. The highest BCUT2D eigenvalue weighted by Gasteiger charge is 2.09. The maximum atomic E-state index is 13.1. The highest BCUT2D eigenvalue weighted by atomic mass is 79.9. The second kappa shape index (κ2) is 8.07. The van der Waals surface area contributed by atoms with Crippen LogP contribution in [0.15, 0.2) is 28.9 Å². The summed E-state index contributed by atoms with van der Waals surface area (Å²) in [7, 11) is 0. The molecule has 6 nitrogen and oxygen atoms in total. The lowest BCUT2D eigenvalue weighted by atomic mass is 10.3. The number of benzene rings is 1. The van der Waals surface area contributed by atoms with Crippen molar-refractivity contribution in [3.05, 3.63) is 39.7 Å². The van der Waals surface area contributed by atoms with Crippen LogP contribution in [0, 0.1) is 5.82 Å². The summed E-state index contributed by atoms with van der Waals surface area (Å²) in [6.45, 7) is 2.02. The van der Waals surface area contributed by atoms with Gasteiger partial charge in [-0.2, -0.15) is 4.98 Å². The van der Waals surface area contributed by atoms with Crippen LogP contribution in [0.2, 0.25) is 5.02 Å². The van der Waals surface area contributed by atoms with E-state index >= 15 is 0 Å². The van der Waals surface area contributed by atoms with Gasteiger partial charge in [0.2, 0.25) is 5.95 Å². The first-order valence-corrected chi connectivity index (χ1v) is 7.80. The minimum absolute atomic E-state index is 0.00669. The number of hydrogen-bond donors (Lipinski definition) is 2. The van der Waals surface area contributed by atoms with Gasteiger partial charge in [-0.15, -0.1) is 0 Å². The van der Waals surface area contributed by atoms with Crippen LogP contribution in [0.25, 0.3) is 0 Å². The molecule has 0 aliphatic carbocycles. The lowest BCUT2D eigenvalue weighted by molar-refractivity contribution is -0.140. The van der Waals surface area contributed by atoms with E-state index in [0.717, 1.165) is 0 Å². The Balaban J connectivity index is 2.09. The second-order valence-electron chi connectivity index (χ2n) is 4.30. The lowest BCUT2D eigenvalue weighted by Crippen LogP contribution is -2.18. The fraction of sp³-hybridized carbons (Fsp3) is 0.214. The summed E-state index contributed by atoms with van der Waals surface area (Å²) in [5.41, 5.74) is 0.537. The van der Waals surface area contributed by atoms with Crippen molar-refractivity contribution in [2.24, 2.45) is 0 Å². The minimum Gasteiger partial charge on any atom is -0.465 e. The maximum absolute atomic E-state index is 13.1. The van der Waals surface area contributed by atoms with Crippen LogP contribution in [0.5, 0.6) is 0 Å². The number of esters is 1. The van der Waals surface area contributed by atoms with Crippen LogP contribution in [0.4, 0.5) is 21.8 Å². The highest BCUT2D eigenvalue weighted by molar-refractivity contribution is 9.10. The Morgan fingerprint density at radius 1 is 1.48 bits per heavy atom. The summed E-state index contributed by atoms with van der Waals surface area (Å²) >= 11 is 9.01. The number of halogens is 3. The molecule has 0 amide bonds. The van der Waals surface area contributed by atoms with Gasteiger partial charge in [0.25, 0.3) is 0 Å². The predicted molar refractivity (Wildman–Crippen MR) is 89.5 cm³/mol. The number of aromatic nitrogens is 2. The van der Waals surface area contributed by atoms with Crippen LogP contribution in [-0.2, 0) is 9.53 Å². The van der Waals surface area contributed by atoms with E-state index in [9.17, 15) is 9.18 Å². The van der Waals surface area contributed by atoms with Crippen LogP contribution >= 0.6 is 27.5 Å². The van der Waals surface area contributed by atoms with Gasteiger partial charge >= 0.3 is 5.97 Å². The standard InChI is InChI=1S/C14H13BrClFN4O2/c1-2-23-12(22)7-18-13-9(15)6-19-14(21-13)20-8-3-4-11(17)10(16)5-8/h3-6H,2,7H2,1H3,(H2,18,19,20,21). The van der Waals surface area contributed by atoms with Crippen molar-refractivity contribution in [1.29, 1.82) is 0 Å². The van der Waals surface area contributed by atoms with Crippen molar-refractivity contribution in [3.63, 3.8) is 0 Å². The first kappa shape index (κ1) is 17.4. The Bertz CT molecular complexity index is 717. The summed E-state index contributed by atoms with van der Waals surface area (Å²) in [6.07, 6.45) is 1.52. The zero-order valence-corrected chi connectivity index (χ0v) is 14.4. The van der Waals surface area contributed by atoms with Gasteiger partial charge in [-0.1, -0.05) is 11.6 Å². The Labute approximate surface area is 145 Å². The van der Waals surface area contributed by atoms with Crippen molar-refractivity contribution in [3.8, 4) is 0 Å². The summed E-state index contributed by atoms with van der Waals surface area (Å²) < 4.78 is 18.6. The Morgan fingerprint density at radius 3 is 2.96 bits per heavy atom. The molecule has 2 N–H and O–H groups in total. The molecular formula is C14H13BrClFN4O2. The Morgan fingerprint density at radius 2 is 2.26 bits per heavy atom. The molecule has 0 radical (unpaired) electrons. The van der Waals surface area contributed by atoms with E-state index in [2.05, 4.69) is 36.5 Å². The van der Waals surface area contributed by atoms with Gasteiger partial charge in [0, 0.05) is 11.9 Å². The molecule has 0 saturated heterocycles. The quantitative estimate of drug-likeness (QED) is 0.716. The average Bonchev–Trinajstić information content (AvgIpc) is 2.52. The highest BCUT2D eigenvalue weighted by Crippen LogP contribution is 2.24. The molecule has 0 saturated carbocycles. The zero-order chi connectivity index (χ0) is 16.8. The van der Waals surface area contributed by atoms with Crippen molar-refractivity contribution >= 4 is 51.0 Å². The molecular weight excluding hydrogens is 391 g/mol. The summed E-state index contributed by atoms with van der Waals surface area (Å²) in [5, 5.41) is 5.74. The Kier molecular flexibility index (Phi) is 6.12. The van der Waals surface area contributed by atoms with Gasteiger partial charge in [0.15, 0.2) is 0 Å². The number of rotatable bonds is 6. The molecule has 0 unspecified atom stereocenters. The van der Waals surface area contributed by atoms with Crippen molar-refractivity contribution < 1.29 is 13.9 Å². The fourth-order valence-corrected chi connectivity index (χ4v) is 2.13. The van der Waals surface area contributed by atoms with Crippen LogP contribution in [0.3, 0.4) is 0 Å². The maximum Gasteiger partial charge on any atom is 0.325 e. The number of nitrogens with one attached hydrogen (secondary N) is 2. The van der Waals surface area contributed by atoms with E-state index in [-0.39, 0.29) is 17.5 Å². The van der Waals surface area contributed by atoms with Crippen LogP contribution < -0.4 is 10.6 Å². The molecule has 9 heteroatoms. The molecule has 0 atom stereocenters. The first-order chi connectivity index (χ1) is 11.0. The molecule has 2 rings (SSSR count). The lowest BCUT2D eigenvalue weighted by Gasteiger charge is -2.10. The number of ether oxygens (including phenoxy) is 1. The monoisotopic (exact) mass is 402 g/mol. The van der Waals surface area contributed by atoms with E-state index in [0.29, 0.717) is 22.6 Å². The molecule has 1 aromatic carbocycles. The molecule has 1 heterocycles. The van der Waals surface area contributed by atoms with E-state index in [1.807, 2.05) is 0 Å². The molecule has 2 aromatic rings. The van der Waals surface area contributed by atoms with Crippen LogP contribution in [0.1, 0.15) is 6.92 Å². The van der Waals surface area contributed by atoms with E-state index in [1.165, 1.54) is 24.4 Å². The molecule has 1 aromatic heterocycles. The molecule has 0 aliphatic rings. The predicted octanol–water partition coefficient (Wildman–Crippen LogP) is 3.75. The van der Waals surface area contributed by atoms with Crippen molar-refractivity contribution in [1.82, 2.24) is 9.97 Å². The normalized spacial score (nSPS) is 10.3. The van der Waals surface area contributed by atoms with Gasteiger partial charge in [-0.3, -0.25) is 4.79 Å². The van der Waals surface area contributed by atoms with Crippen molar-refractivity contribution in [2.75, 3.05) is 23.8 Å². The third-order valence-corrected chi connectivity index (χ3v) is 3.50. The van der Waals surface area contributed by atoms with Gasteiger partial charge < -0.3 is 15.4 Å². The topological polar surface area (TPSA) is 76.1 Å². The second-order valence-corrected chi connectivity index (χ2v) is 5.56. The number of carbonyl (C=O) groups excluding carboxylic acids is 1. The fourth-order valence-electron chi connectivity index (χ4n) is 1.62. The largest absolute Gasteiger partial charge is 0.465 e. The van der Waals surface area contributed by atoms with Gasteiger partial charge in [-0.25, -0.2) is 9.37 Å². The number of anilines is 3. The molecule has 0 bridgehead atoms. The SMILES string of the molecule is CCOC(=O)CNc1nc(Nc2ccc(F)c(Cl)c2)ncc1Br. The first-order valence-electron chi connectivity index (χ1n) is 6.63. The van der Waals surface area contributed by atoms with Crippen molar-refractivity contribution in [2.45, 2.75) is 6.92 Å². The molecule has 23 heavy (non-hydrogen) atoms. The summed E-state index contributed by atoms with van der Waals surface area (Å²) in [5.74, 6) is -0.213. The Hall–Kier alpha value is -1.93. The van der Waals surface area contributed by atoms with Gasteiger partial charge in [0.05, 0.1) is 16.1 Å². The van der Waals surface area contributed by atoms with E-state index in [1.54, 1.807) is 6.92 Å². The van der Waals surface area contributed by atoms with E-state index in [4.69, 9.17) is 16.3 Å². The third kappa shape index (κ3) is 5.04. The number of carbonyl (C=O) groups is 1. The van der Waals surface area contributed by atoms with E-state index < -0.39 is 11.8 Å². The molecule has 122 valence electrons. The molecule has 0 spiro atoms. The van der Waals surface area contributed by atoms with Gasteiger partial charge in [-0.05, 0) is 41.1 Å².